The highest BCUT2D eigenvalue weighted by Crippen LogP contribution is 2.10. The second-order valence-corrected chi connectivity index (χ2v) is 5.63. The molecule has 0 saturated heterocycles. The Labute approximate surface area is 139 Å². The summed E-state index contributed by atoms with van der Waals surface area (Å²) in [5, 5.41) is 0. The van der Waals surface area contributed by atoms with Crippen LogP contribution in [0.4, 0.5) is 0 Å². The Hall–Kier alpha value is -1.92. The minimum atomic E-state index is -0.633. The Morgan fingerprint density at radius 1 is 0.682 bits per heavy atom. The maximum Gasteiger partial charge on any atom is 0.359 e. The molecule has 0 unspecified atom stereocenters. The number of hydrogen-bond donors (Lipinski definition) is 2. The van der Waals surface area contributed by atoms with E-state index >= 15 is 0 Å². The van der Waals surface area contributed by atoms with E-state index < -0.39 is 11.9 Å². The first-order chi connectivity index (χ1) is 10.5. The van der Waals surface area contributed by atoms with Gasteiger partial charge in [-0.1, -0.05) is 24.3 Å². The number of carbonyl (C=O) groups excluding carboxylic acids is 2. The maximum absolute atomic E-state index is 11.6. The van der Waals surface area contributed by atoms with Crippen LogP contribution in [-0.4, -0.2) is 11.9 Å². The van der Waals surface area contributed by atoms with Crippen LogP contribution >= 0.6 is 25.3 Å². The molecule has 0 aliphatic carbocycles. The molecule has 0 heterocycles. The van der Waals surface area contributed by atoms with Crippen molar-refractivity contribution in [2.45, 2.75) is 22.6 Å². The molecular formula is C16H14O4S2. The van der Waals surface area contributed by atoms with E-state index in [2.05, 4.69) is 35.0 Å². The summed E-state index contributed by atoms with van der Waals surface area (Å²) in [6.07, 6.45) is 0.0470. The van der Waals surface area contributed by atoms with E-state index in [4.69, 9.17) is 0 Å². The van der Waals surface area contributed by atoms with Crippen LogP contribution in [0.15, 0.2) is 58.3 Å². The first-order valence-corrected chi connectivity index (χ1v) is 7.38. The first kappa shape index (κ1) is 16.5. The number of thiol groups is 2. The van der Waals surface area contributed by atoms with E-state index in [1.807, 2.05) is 0 Å². The van der Waals surface area contributed by atoms with Crippen LogP contribution in [-0.2, 0) is 32.2 Å². The van der Waals surface area contributed by atoms with E-state index in [9.17, 15) is 9.59 Å². The molecule has 0 aliphatic rings. The summed E-state index contributed by atoms with van der Waals surface area (Å²) in [5.74, 6) is -1.27. The fourth-order valence-electron chi connectivity index (χ4n) is 1.71. The Bertz CT molecular complexity index is 591. The van der Waals surface area contributed by atoms with Gasteiger partial charge in [0.25, 0.3) is 0 Å². The van der Waals surface area contributed by atoms with Crippen LogP contribution in [0, 0.1) is 0 Å². The molecule has 22 heavy (non-hydrogen) atoms. The fourth-order valence-corrected chi connectivity index (χ4v) is 2.01. The van der Waals surface area contributed by atoms with Crippen molar-refractivity contribution in [2.24, 2.45) is 0 Å². The highest BCUT2D eigenvalue weighted by atomic mass is 32.1. The van der Waals surface area contributed by atoms with Gasteiger partial charge in [0, 0.05) is 9.79 Å². The van der Waals surface area contributed by atoms with E-state index in [-0.39, 0.29) is 12.8 Å². The monoisotopic (exact) mass is 334 g/mol. The van der Waals surface area contributed by atoms with Gasteiger partial charge in [0.2, 0.25) is 0 Å². The molecule has 114 valence electrons. The lowest BCUT2D eigenvalue weighted by Crippen LogP contribution is -2.14. The molecule has 0 atom stereocenters. The first-order valence-electron chi connectivity index (χ1n) is 6.49. The lowest BCUT2D eigenvalue weighted by molar-refractivity contribution is -0.258. The summed E-state index contributed by atoms with van der Waals surface area (Å²) in [5.41, 5.74) is 1.51. The quantitative estimate of drug-likeness (QED) is 0.513. The zero-order valence-corrected chi connectivity index (χ0v) is 13.3. The minimum absolute atomic E-state index is 0.0235. The number of hydrogen-bond acceptors (Lipinski definition) is 6. The molecule has 0 saturated carbocycles. The predicted molar refractivity (Wildman–Crippen MR) is 87.0 cm³/mol. The van der Waals surface area contributed by atoms with E-state index in [1.54, 1.807) is 48.5 Å². The molecule has 4 nitrogen and oxygen atoms in total. The largest absolute Gasteiger partial charge is 0.359 e. The maximum atomic E-state index is 11.6. The van der Waals surface area contributed by atoms with Crippen molar-refractivity contribution in [3.63, 3.8) is 0 Å². The second-order valence-electron chi connectivity index (χ2n) is 4.60. The van der Waals surface area contributed by atoms with Crippen molar-refractivity contribution in [3.05, 3.63) is 59.7 Å². The van der Waals surface area contributed by atoms with Crippen molar-refractivity contribution in [1.82, 2.24) is 0 Å². The summed E-state index contributed by atoms with van der Waals surface area (Å²) in [4.78, 5) is 33.8. The zero-order chi connectivity index (χ0) is 15.9. The van der Waals surface area contributed by atoms with Gasteiger partial charge < -0.3 is 0 Å². The molecule has 6 heteroatoms. The summed E-state index contributed by atoms with van der Waals surface area (Å²) >= 11 is 8.31. The molecule has 0 aromatic heterocycles. The Morgan fingerprint density at radius 2 is 1.00 bits per heavy atom. The van der Waals surface area contributed by atoms with E-state index in [1.165, 1.54) is 0 Å². The van der Waals surface area contributed by atoms with Gasteiger partial charge in [0.15, 0.2) is 0 Å². The average molecular weight is 334 g/mol. The van der Waals surface area contributed by atoms with Gasteiger partial charge in [0.1, 0.15) is 0 Å². The third-order valence-corrected chi connectivity index (χ3v) is 3.39. The Morgan fingerprint density at radius 3 is 1.32 bits per heavy atom. The van der Waals surface area contributed by atoms with Crippen molar-refractivity contribution in [1.29, 1.82) is 0 Å². The molecular weight excluding hydrogens is 320 g/mol. The van der Waals surface area contributed by atoms with E-state index in [0.29, 0.717) is 0 Å². The average Bonchev–Trinajstić information content (AvgIpc) is 2.50. The fraction of sp³-hybridized carbons (Fsp3) is 0.125. The summed E-state index contributed by atoms with van der Waals surface area (Å²) in [6, 6.07) is 14.1. The number of benzene rings is 2. The lowest BCUT2D eigenvalue weighted by atomic mass is 10.1. The van der Waals surface area contributed by atoms with Crippen molar-refractivity contribution in [2.75, 3.05) is 0 Å². The van der Waals surface area contributed by atoms with Gasteiger partial charge in [-0.2, -0.15) is 0 Å². The molecule has 2 rings (SSSR count). The third kappa shape index (κ3) is 5.46. The van der Waals surface area contributed by atoms with Crippen LogP contribution in [0.25, 0.3) is 0 Å². The van der Waals surface area contributed by atoms with Gasteiger partial charge >= 0.3 is 11.9 Å². The highest BCUT2D eigenvalue weighted by Gasteiger charge is 2.11. The van der Waals surface area contributed by atoms with Gasteiger partial charge in [-0.15, -0.1) is 25.3 Å². The normalized spacial score (nSPS) is 10.1. The van der Waals surface area contributed by atoms with Gasteiger partial charge in [-0.25, -0.2) is 19.4 Å². The molecule has 0 bridgehead atoms. The lowest BCUT2D eigenvalue weighted by Gasteiger charge is -2.04. The number of rotatable bonds is 4. The number of carbonyl (C=O) groups is 2. The summed E-state index contributed by atoms with van der Waals surface area (Å²) < 4.78 is 0. The van der Waals surface area contributed by atoms with Crippen LogP contribution in [0.3, 0.4) is 0 Å². The van der Waals surface area contributed by atoms with Crippen molar-refractivity contribution < 1.29 is 19.4 Å². The molecule has 2 aromatic carbocycles. The van der Waals surface area contributed by atoms with E-state index in [0.717, 1.165) is 20.9 Å². The highest BCUT2D eigenvalue weighted by molar-refractivity contribution is 7.80. The van der Waals surface area contributed by atoms with Crippen LogP contribution in [0.2, 0.25) is 0 Å². The summed E-state index contributed by atoms with van der Waals surface area (Å²) in [6.45, 7) is 0. The topological polar surface area (TPSA) is 52.6 Å². The molecule has 0 radical (unpaired) electrons. The molecule has 0 amide bonds. The van der Waals surface area contributed by atoms with Crippen molar-refractivity contribution >= 4 is 37.2 Å². The second kappa shape index (κ2) is 7.91. The smallest absolute Gasteiger partial charge is 0.247 e. The molecule has 0 N–H and O–H groups in total. The Kier molecular flexibility index (Phi) is 5.91. The SMILES string of the molecule is O=C(Cc1ccc(S)cc1)OOC(=O)Cc1ccc(S)cc1. The molecule has 0 aliphatic heterocycles. The summed E-state index contributed by atoms with van der Waals surface area (Å²) in [7, 11) is 0. The molecule has 0 spiro atoms. The minimum Gasteiger partial charge on any atom is -0.247 e. The van der Waals surface area contributed by atoms with Crippen LogP contribution < -0.4 is 0 Å². The predicted octanol–water partition coefficient (Wildman–Crippen LogP) is 3.05. The standard InChI is InChI=1S/C16H14O4S2/c17-15(9-11-1-5-13(21)6-2-11)19-20-16(18)10-12-3-7-14(22)8-4-12/h1-8,21-22H,9-10H2. The molecule has 0 fully saturated rings. The van der Waals surface area contributed by atoms with Crippen LogP contribution in [0.5, 0.6) is 0 Å². The van der Waals surface area contributed by atoms with Crippen molar-refractivity contribution in [3.8, 4) is 0 Å². The van der Waals surface area contributed by atoms with Crippen LogP contribution in [0.1, 0.15) is 11.1 Å². The Balaban J connectivity index is 1.76. The van der Waals surface area contributed by atoms with Gasteiger partial charge in [-0.3, -0.25) is 0 Å². The van der Waals surface area contributed by atoms with Gasteiger partial charge in [-0.05, 0) is 35.4 Å². The zero-order valence-electron chi connectivity index (χ0n) is 11.6. The molecule has 2 aromatic rings. The van der Waals surface area contributed by atoms with Gasteiger partial charge in [0.05, 0.1) is 12.8 Å². The third-order valence-electron chi connectivity index (χ3n) is 2.80.